The first-order valence-corrected chi connectivity index (χ1v) is 5.22. The number of aliphatic hydroxyl groups is 1. The Bertz CT molecular complexity index is 517. The largest absolute Gasteiger partial charge is 0.458 e. The molecule has 1 N–H and O–H groups in total. The van der Waals surface area contributed by atoms with Gasteiger partial charge in [0.15, 0.2) is 0 Å². The lowest BCUT2D eigenvalue weighted by Crippen LogP contribution is -2.45. The molecular weight excluding hydrogens is 257 g/mol. The molecule has 1 atom stereocenters. The second-order valence-electron chi connectivity index (χ2n) is 3.36. The minimum Gasteiger partial charge on any atom is -0.350 e. The van der Waals surface area contributed by atoms with E-state index in [4.69, 9.17) is 5.26 Å². The van der Waals surface area contributed by atoms with Crippen molar-refractivity contribution in [2.75, 3.05) is 0 Å². The van der Waals surface area contributed by atoms with E-state index in [2.05, 4.69) is 9.99 Å². The Labute approximate surface area is 97.5 Å². The van der Waals surface area contributed by atoms with E-state index < -0.39 is 18.4 Å². The Kier molecular flexibility index (Phi) is 2.60. The molecule has 0 fully saturated rings. The molecule has 1 aliphatic rings. The summed E-state index contributed by atoms with van der Waals surface area (Å²) in [5.41, 5.74) is -0.0173. The Balaban J connectivity index is 2.21. The van der Waals surface area contributed by atoms with Crippen LogP contribution in [-0.4, -0.2) is 22.8 Å². The zero-order valence-corrected chi connectivity index (χ0v) is 8.97. The zero-order chi connectivity index (χ0) is 12.7. The average molecular weight is 262 g/mol. The first-order valence-electron chi connectivity index (χ1n) is 4.40. The van der Waals surface area contributed by atoms with Crippen molar-refractivity contribution in [1.29, 1.82) is 5.26 Å². The van der Waals surface area contributed by atoms with Gasteiger partial charge in [0.25, 0.3) is 0 Å². The van der Waals surface area contributed by atoms with Gasteiger partial charge in [0.2, 0.25) is 0 Å². The summed E-state index contributed by atoms with van der Waals surface area (Å²) in [6, 6.07) is 4.79. The molecule has 0 bridgehead atoms. The number of hydrogen-bond acceptors (Lipinski definition) is 5. The van der Waals surface area contributed by atoms with Crippen LogP contribution in [0.15, 0.2) is 17.3 Å². The lowest BCUT2D eigenvalue weighted by atomic mass is 10.1. The van der Waals surface area contributed by atoms with Crippen LogP contribution in [0.1, 0.15) is 16.2 Å². The smallest absolute Gasteiger partial charge is 0.350 e. The molecular formula is C9H5F3N2O2S. The highest BCUT2D eigenvalue weighted by molar-refractivity contribution is 7.14. The van der Waals surface area contributed by atoms with Gasteiger partial charge in [-0.1, -0.05) is 5.16 Å². The van der Waals surface area contributed by atoms with E-state index in [-0.39, 0.29) is 5.71 Å². The molecule has 0 amide bonds. The molecule has 1 aromatic rings. The van der Waals surface area contributed by atoms with Crippen molar-refractivity contribution in [3.05, 3.63) is 21.9 Å². The van der Waals surface area contributed by atoms with E-state index >= 15 is 0 Å². The van der Waals surface area contributed by atoms with Crippen LogP contribution in [0.3, 0.4) is 0 Å². The van der Waals surface area contributed by atoms with Gasteiger partial charge in [0.05, 0.1) is 11.3 Å². The number of rotatable bonds is 1. The maximum atomic E-state index is 12.4. The third-order valence-electron chi connectivity index (χ3n) is 2.16. The number of nitriles is 1. The van der Waals surface area contributed by atoms with Crippen molar-refractivity contribution in [2.24, 2.45) is 5.16 Å². The lowest BCUT2D eigenvalue weighted by molar-refractivity contribution is -0.355. The molecule has 17 heavy (non-hydrogen) atoms. The molecule has 0 spiro atoms. The van der Waals surface area contributed by atoms with E-state index in [0.717, 1.165) is 11.3 Å². The summed E-state index contributed by atoms with van der Waals surface area (Å²) in [7, 11) is 0. The molecule has 8 heteroatoms. The third-order valence-corrected chi connectivity index (χ3v) is 3.20. The molecule has 1 aromatic heterocycles. The number of nitrogens with zero attached hydrogens (tertiary/aromatic N) is 2. The quantitative estimate of drug-likeness (QED) is 0.841. The Morgan fingerprint density at radius 1 is 1.53 bits per heavy atom. The molecule has 0 aromatic carbocycles. The van der Waals surface area contributed by atoms with Gasteiger partial charge < -0.3 is 9.94 Å². The minimum atomic E-state index is -4.91. The summed E-state index contributed by atoms with van der Waals surface area (Å²) in [6.45, 7) is 0. The van der Waals surface area contributed by atoms with Gasteiger partial charge in [-0.15, -0.1) is 11.3 Å². The van der Waals surface area contributed by atoms with Crippen molar-refractivity contribution in [3.63, 3.8) is 0 Å². The number of oxime groups is 1. The first-order chi connectivity index (χ1) is 7.86. The van der Waals surface area contributed by atoms with E-state index in [1.165, 1.54) is 12.1 Å². The third kappa shape index (κ3) is 1.99. The fourth-order valence-electron chi connectivity index (χ4n) is 1.26. The van der Waals surface area contributed by atoms with Crippen LogP contribution in [0.4, 0.5) is 13.2 Å². The van der Waals surface area contributed by atoms with Crippen molar-refractivity contribution >= 4 is 17.0 Å². The molecule has 2 heterocycles. The van der Waals surface area contributed by atoms with Crippen LogP contribution in [0.2, 0.25) is 0 Å². The molecule has 0 radical (unpaired) electrons. The number of hydrogen-bond donors (Lipinski definition) is 1. The molecule has 90 valence electrons. The number of alkyl halides is 3. The topological polar surface area (TPSA) is 65.6 Å². The summed E-state index contributed by atoms with van der Waals surface area (Å²) >= 11 is 0.991. The number of halogens is 3. The van der Waals surface area contributed by atoms with Gasteiger partial charge in [0, 0.05) is 0 Å². The van der Waals surface area contributed by atoms with Crippen LogP contribution in [-0.2, 0) is 4.84 Å². The summed E-state index contributed by atoms with van der Waals surface area (Å²) in [4.78, 5) is 4.79. The molecule has 1 unspecified atom stereocenters. The Morgan fingerprint density at radius 3 is 2.71 bits per heavy atom. The molecule has 0 aliphatic carbocycles. The van der Waals surface area contributed by atoms with Gasteiger partial charge in [-0.2, -0.15) is 18.4 Å². The predicted molar refractivity (Wildman–Crippen MR) is 52.3 cm³/mol. The molecule has 2 rings (SSSR count). The SMILES string of the molecule is N#Cc1ccc(C2=NOC(O)(C(F)(F)F)C2)s1. The summed E-state index contributed by atoms with van der Waals surface area (Å²) in [6.07, 6.45) is -5.69. The van der Waals surface area contributed by atoms with Crippen LogP contribution in [0.5, 0.6) is 0 Å². The van der Waals surface area contributed by atoms with Crippen molar-refractivity contribution in [2.45, 2.75) is 18.4 Å². The highest BCUT2D eigenvalue weighted by atomic mass is 32.1. The number of thiophene rings is 1. The Hall–Kier alpha value is -1.59. The summed E-state index contributed by atoms with van der Waals surface area (Å²) in [5, 5.41) is 21.0. The van der Waals surface area contributed by atoms with Crippen LogP contribution < -0.4 is 0 Å². The monoisotopic (exact) mass is 262 g/mol. The highest BCUT2D eigenvalue weighted by Crippen LogP contribution is 2.39. The van der Waals surface area contributed by atoms with Gasteiger partial charge >= 0.3 is 12.0 Å². The van der Waals surface area contributed by atoms with Crippen LogP contribution in [0.25, 0.3) is 0 Å². The van der Waals surface area contributed by atoms with Crippen molar-refractivity contribution in [1.82, 2.24) is 0 Å². The maximum Gasteiger partial charge on any atom is 0.458 e. The van der Waals surface area contributed by atoms with Crippen molar-refractivity contribution < 1.29 is 23.1 Å². The fourth-order valence-corrected chi connectivity index (χ4v) is 2.04. The summed E-state index contributed by atoms with van der Waals surface area (Å²) < 4.78 is 37.2. The van der Waals surface area contributed by atoms with E-state index in [1.807, 2.05) is 6.07 Å². The fraction of sp³-hybridized carbons (Fsp3) is 0.333. The highest BCUT2D eigenvalue weighted by Gasteiger charge is 2.60. The van der Waals surface area contributed by atoms with Gasteiger partial charge in [-0.3, -0.25) is 0 Å². The van der Waals surface area contributed by atoms with Crippen LogP contribution >= 0.6 is 11.3 Å². The maximum absolute atomic E-state index is 12.4. The molecule has 4 nitrogen and oxygen atoms in total. The Morgan fingerprint density at radius 2 is 2.24 bits per heavy atom. The van der Waals surface area contributed by atoms with E-state index in [9.17, 15) is 18.3 Å². The van der Waals surface area contributed by atoms with Gasteiger partial charge in [0.1, 0.15) is 16.7 Å². The second-order valence-corrected chi connectivity index (χ2v) is 4.45. The average Bonchev–Trinajstić information content (AvgIpc) is 2.83. The van der Waals surface area contributed by atoms with Crippen molar-refractivity contribution in [3.8, 4) is 6.07 Å². The molecule has 1 aliphatic heterocycles. The van der Waals surface area contributed by atoms with Crippen LogP contribution in [0, 0.1) is 11.3 Å². The standard InChI is InChI=1S/C9H5F3N2O2S/c10-9(11,12)8(15)3-6(14-16-8)7-2-1-5(4-13)17-7/h1-2,15H,3H2. The minimum absolute atomic E-state index is 0.0173. The van der Waals surface area contributed by atoms with Gasteiger partial charge in [-0.05, 0) is 12.1 Å². The first kappa shape index (κ1) is 11.9. The second kappa shape index (κ2) is 3.72. The summed E-state index contributed by atoms with van der Waals surface area (Å²) in [5.74, 6) is -3.26. The van der Waals surface area contributed by atoms with E-state index in [1.54, 1.807) is 0 Å². The predicted octanol–water partition coefficient (Wildman–Crippen LogP) is 2.00. The lowest BCUT2D eigenvalue weighted by Gasteiger charge is -2.22. The van der Waals surface area contributed by atoms with E-state index in [0.29, 0.717) is 9.75 Å². The van der Waals surface area contributed by atoms with Gasteiger partial charge in [-0.25, -0.2) is 0 Å². The molecule has 0 saturated heterocycles. The molecule has 0 saturated carbocycles. The normalized spacial score (nSPS) is 24.1. The zero-order valence-electron chi connectivity index (χ0n) is 8.15.